The van der Waals surface area contributed by atoms with Crippen molar-refractivity contribution in [2.45, 2.75) is 19.4 Å². The average molecular weight is 410 g/mol. The molecule has 10 heteroatoms. The number of carbonyl (C=O) groups excluding carboxylic acids is 3. The van der Waals surface area contributed by atoms with Crippen LogP contribution in [0.15, 0.2) is 24.3 Å². The lowest BCUT2D eigenvalue weighted by atomic mass is 10.2. The summed E-state index contributed by atoms with van der Waals surface area (Å²) in [6.45, 7) is 2.13. The highest BCUT2D eigenvalue weighted by molar-refractivity contribution is 7.91. The van der Waals surface area contributed by atoms with Gasteiger partial charge in [0.1, 0.15) is 0 Å². The van der Waals surface area contributed by atoms with Crippen LogP contribution in [0.5, 0.6) is 0 Å². The number of hydrogen-bond donors (Lipinski definition) is 2. The lowest BCUT2D eigenvalue weighted by molar-refractivity contribution is -0.144. The van der Waals surface area contributed by atoms with Crippen LogP contribution in [0.4, 0.5) is 11.4 Å². The predicted octanol–water partition coefficient (Wildman–Crippen LogP) is 0.161. The zero-order valence-corrected chi connectivity index (χ0v) is 17.1. The van der Waals surface area contributed by atoms with Crippen LogP contribution in [0.2, 0.25) is 0 Å². The van der Waals surface area contributed by atoms with Crippen LogP contribution in [0.3, 0.4) is 0 Å². The molecule has 1 fully saturated rings. The predicted molar refractivity (Wildman–Crippen MR) is 107 cm³/mol. The van der Waals surface area contributed by atoms with Crippen LogP contribution in [0.25, 0.3) is 0 Å². The molecule has 0 radical (unpaired) electrons. The van der Waals surface area contributed by atoms with Gasteiger partial charge in [-0.1, -0.05) is 6.07 Å². The second kappa shape index (κ2) is 9.16. The van der Waals surface area contributed by atoms with Crippen molar-refractivity contribution in [2.75, 3.05) is 49.3 Å². The van der Waals surface area contributed by atoms with Gasteiger partial charge in [-0.05, 0) is 38.7 Å². The third-order valence-corrected chi connectivity index (χ3v) is 6.08. The number of likely N-dealkylation sites (N-methyl/N-ethyl adjacent to an activating group) is 1. The first-order chi connectivity index (χ1) is 13.1. The molecule has 1 aromatic carbocycles. The first-order valence-electron chi connectivity index (χ1n) is 8.92. The summed E-state index contributed by atoms with van der Waals surface area (Å²) in [6.07, 6.45) is 0.326. The molecule has 1 atom stereocenters. The van der Waals surface area contributed by atoms with Crippen molar-refractivity contribution in [1.29, 1.82) is 0 Å². The lowest BCUT2D eigenvalue weighted by Crippen LogP contribution is -2.48. The van der Waals surface area contributed by atoms with Crippen molar-refractivity contribution in [3.05, 3.63) is 24.3 Å². The van der Waals surface area contributed by atoms with E-state index in [9.17, 15) is 22.8 Å². The number of rotatable bonds is 6. The number of nitrogens with one attached hydrogen (secondary N) is 2. The van der Waals surface area contributed by atoms with Crippen molar-refractivity contribution in [3.63, 3.8) is 0 Å². The summed E-state index contributed by atoms with van der Waals surface area (Å²) in [6, 6.07) is 5.93. The summed E-state index contributed by atoms with van der Waals surface area (Å²) >= 11 is 0. The van der Waals surface area contributed by atoms with Crippen LogP contribution in [-0.4, -0.2) is 80.7 Å². The Labute approximate surface area is 165 Å². The molecule has 3 amide bonds. The van der Waals surface area contributed by atoms with Crippen molar-refractivity contribution in [2.24, 2.45) is 0 Å². The number of anilines is 2. The van der Waals surface area contributed by atoms with Gasteiger partial charge in [0.2, 0.25) is 5.91 Å². The fourth-order valence-electron chi connectivity index (χ4n) is 2.97. The van der Waals surface area contributed by atoms with Crippen molar-refractivity contribution in [1.82, 2.24) is 9.80 Å². The highest BCUT2D eigenvalue weighted by atomic mass is 32.2. The molecule has 0 aliphatic carbocycles. The number of carbonyl (C=O) groups is 3. The molecule has 1 unspecified atom stereocenters. The van der Waals surface area contributed by atoms with Gasteiger partial charge in [0.05, 0.1) is 11.5 Å². The molecule has 9 nitrogen and oxygen atoms in total. The Morgan fingerprint density at radius 1 is 1.11 bits per heavy atom. The Kier molecular flexibility index (Phi) is 7.14. The molecule has 2 N–H and O–H groups in total. The quantitative estimate of drug-likeness (QED) is 0.646. The minimum atomic E-state index is -3.19. The maximum absolute atomic E-state index is 12.8. The molecule has 154 valence electrons. The normalized spacial score (nSPS) is 17.9. The molecule has 0 spiro atoms. The molecule has 1 heterocycles. The molecule has 1 aromatic rings. The summed E-state index contributed by atoms with van der Waals surface area (Å²) in [4.78, 5) is 39.6. The van der Waals surface area contributed by atoms with Gasteiger partial charge in [0.15, 0.2) is 9.84 Å². The van der Waals surface area contributed by atoms with Crippen molar-refractivity contribution >= 4 is 38.9 Å². The minimum Gasteiger partial charge on any atom is -0.329 e. The van der Waals surface area contributed by atoms with Crippen LogP contribution in [0.1, 0.15) is 13.3 Å². The minimum absolute atomic E-state index is 0.0176. The molecule has 1 saturated heterocycles. The number of benzene rings is 1. The van der Waals surface area contributed by atoms with Gasteiger partial charge in [-0.15, -0.1) is 0 Å². The van der Waals surface area contributed by atoms with E-state index >= 15 is 0 Å². The Morgan fingerprint density at radius 2 is 1.75 bits per heavy atom. The topological polar surface area (TPSA) is 116 Å². The Morgan fingerprint density at radius 3 is 2.29 bits per heavy atom. The molecule has 0 aromatic heterocycles. The molecule has 2 rings (SSSR count). The lowest BCUT2D eigenvalue weighted by Gasteiger charge is -2.28. The summed E-state index contributed by atoms with van der Waals surface area (Å²) in [5.74, 6) is -1.98. The fraction of sp³-hybridized carbons (Fsp3) is 0.500. The van der Waals surface area contributed by atoms with E-state index in [0.29, 0.717) is 24.3 Å². The monoisotopic (exact) mass is 410 g/mol. The van der Waals surface area contributed by atoms with E-state index in [2.05, 4.69) is 10.6 Å². The van der Waals surface area contributed by atoms with E-state index in [-0.39, 0.29) is 24.0 Å². The van der Waals surface area contributed by atoms with Gasteiger partial charge >= 0.3 is 11.8 Å². The largest absolute Gasteiger partial charge is 0.329 e. The van der Waals surface area contributed by atoms with E-state index in [1.165, 1.54) is 17.9 Å². The molecule has 1 aliphatic rings. The van der Waals surface area contributed by atoms with Crippen LogP contribution in [-0.2, 0) is 24.2 Å². The van der Waals surface area contributed by atoms with Gasteiger partial charge in [-0.3, -0.25) is 14.4 Å². The third kappa shape index (κ3) is 6.31. The second-order valence-electron chi connectivity index (χ2n) is 7.07. The van der Waals surface area contributed by atoms with E-state index in [1.807, 2.05) is 19.0 Å². The van der Waals surface area contributed by atoms with E-state index < -0.39 is 27.7 Å². The number of amides is 3. The molecule has 0 saturated carbocycles. The van der Waals surface area contributed by atoms with E-state index in [4.69, 9.17) is 0 Å². The van der Waals surface area contributed by atoms with Crippen molar-refractivity contribution in [3.8, 4) is 0 Å². The zero-order valence-electron chi connectivity index (χ0n) is 16.3. The third-order valence-electron chi connectivity index (χ3n) is 4.33. The SMILES string of the molecule is CC(=O)Nc1cccc(NC(=O)C(=O)N(CCN(C)C)C2CCS(=O)(=O)C2)c1. The van der Waals surface area contributed by atoms with Gasteiger partial charge < -0.3 is 20.4 Å². The summed E-state index contributed by atoms with van der Waals surface area (Å²) < 4.78 is 23.6. The molecule has 0 bridgehead atoms. The van der Waals surface area contributed by atoms with Crippen LogP contribution >= 0.6 is 0 Å². The summed E-state index contributed by atoms with van der Waals surface area (Å²) in [5.41, 5.74) is 0.848. The first-order valence-corrected chi connectivity index (χ1v) is 10.7. The van der Waals surface area contributed by atoms with Gasteiger partial charge in [0, 0.05) is 37.4 Å². The Bertz CT molecular complexity index is 853. The van der Waals surface area contributed by atoms with E-state index in [0.717, 1.165) is 0 Å². The van der Waals surface area contributed by atoms with Crippen molar-refractivity contribution < 1.29 is 22.8 Å². The fourth-order valence-corrected chi connectivity index (χ4v) is 4.70. The molecular formula is C18H26N4O5S. The van der Waals surface area contributed by atoms with Gasteiger partial charge in [0.25, 0.3) is 0 Å². The number of hydrogen-bond acceptors (Lipinski definition) is 6. The second-order valence-corrected chi connectivity index (χ2v) is 9.30. The van der Waals surface area contributed by atoms with Gasteiger partial charge in [-0.2, -0.15) is 0 Å². The summed E-state index contributed by atoms with van der Waals surface area (Å²) in [5, 5.41) is 5.12. The molecule has 28 heavy (non-hydrogen) atoms. The molecule has 1 aliphatic heterocycles. The smallest absolute Gasteiger partial charge is 0.313 e. The Balaban J connectivity index is 2.12. The maximum Gasteiger partial charge on any atom is 0.313 e. The maximum atomic E-state index is 12.8. The van der Waals surface area contributed by atoms with Gasteiger partial charge in [-0.25, -0.2) is 8.42 Å². The highest BCUT2D eigenvalue weighted by Crippen LogP contribution is 2.19. The van der Waals surface area contributed by atoms with E-state index in [1.54, 1.807) is 18.2 Å². The average Bonchev–Trinajstić information content (AvgIpc) is 2.94. The first kappa shape index (κ1) is 21.8. The standard InChI is InChI=1S/C18H26N4O5S/c1-13(23)19-14-5-4-6-15(11-14)20-17(24)18(25)22(9-8-21(2)3)16-7-10-28(26,27)12-16/h4-6,11,16H,7-10,12H2,1-3H3,(H,19,23)(H,20,24). The van der Waals surface area contributed by atoms with Crippen LogP contribution < -0.4 is 10.6 Å². The number of sulfone groups is 1. The summed E-state index contributed by atoms with van der Waals surface area (Å²) in [7, 11) is 0.476. The number of nitrogens with zero attached hydrogens (tertiary/aromatic N) is 2. The van der Waals surface area contributed by atoms with Crippen LogP contribution in [0, 0.1) is 0 Å². The highest BCUT2D eigenvalue weighted by Gasteiger charge is 2.36. The molecular weight excluding hydrogens is 384 g/mol. The zero-order chi connectivity index (χ0) is 20.9. The Hall–Kier alpha value is -2.46.